The maximum Gasteiger partial charge on any atom is 0.335 e. The molecule has 0 aliphatic carbocycles. The molecule has 5 nitrogen and oxygen atoms in total. The number of carboxylic acid groups (broad SMARTS) is 1. The van der Waals surface area contributed by atoms with Gasteiger partial charge in [-0.1, -0.05) is 28.1 Å². The first-order valence-electron chi connectivity index (χ1n) is 5.26. The van der Waals surface area contributed by atoms with E-state index < -0.39 is 18.0 Å². The first kappa shape index (κ1) is 12.6. The molecule has 0 fully saturated rings. The van der Waals surface area contributed by atoms with Crippen molar-refractivity contribution in [1.29, 1.82) is 0 Å². The lowest BCUT2D eigenvalue weighted by Crippen LogP contribution is -2.45. The fourth-order valence-corrected chi connectivity index (χ4v) is 2.15. The first-order chi connectivity index (χ1) is 8.49. The Bertz CT molecular complexity index is 537. The number of carboxylic acids is 1. The predicted molar refractivity (Wildman–Crippen MR) is 68.9 cm³/mol. The van der Waals surface area contributed by atoms with Crippen LogP contribution in [-0.2, 0) is 4.79 Å². The summed E-state index contributed by atoms with van der Waals surface area (Å²) in [5.74, 6) is -1.05. The highest BCUT2D eigenvalue weighted by Gasteiger charge is 2.30. The van der Waals surface area contributed by atoms with Crippen LogP contribution >= 0.6 is 15.9 Å². The van der Waals surface area contributed by atoms with Crippen LogP contribution < -0.4 is 10.6 Å². The van der Waals surface area contributed by atoms with Gasteiger partial charge in [-0.05, 0) is 24.6 Å². The number of urea groups is 1. The average Bonchev–Trinajstić information content (AvgIpc) is 2.28. The van der Waals surface area contributed by atoms with Crippen molar-refractivity contribution in [2.45, 2.75) is 13.0 Å². The summed E-state index contributed by atoms with van der Waals surface area (Å²) in [6, 6.07) is 6.12. The van der Waals surface area contributed by atoms with Crippen LogP contribution in [0.3, 0.4) is 0 Å². The van der Waals surface area contributed by atoms with E-state index in [0.29, 0.717) is 5.70 Å². The van der Waals surface area contributed by atoms with Crippen LogP contribution in [-0.4, -0.2) is 17.1 Å². The van der Waals surface area contributed by atoms with Gasteiger partial charge in [0.2, 0.25) is 0 Å². The topological polar surface area (TPSA) is 78.4 Å². The second-order valence-electron chi connectivity index (χ2n) is 3.93. The molecule has 0 radical (unpaired) electrons. The molecule has 1 aliphatic heterocycles. The van der Waals surface area contributed by atoms with E-state index in [1.165, 1.54) is 0 Å². The van der Waals surface area contributed by atoms with Gasteiger partial charge in [0, 0.05) is 10.2 Å². The molecule has 18 heavy (non-hydrogen) atoms. The van der Waals surface area contributed by atoms with Gasteiger partial charge in [-0.25, -0.2) is 9.59 Å². The zero-order valence-electron chi connectivity index (χ0n) is 9.53. The minimum atomic E-state index is -1.05. The van der Waals surface area contributed by atoms with Crippen LogP contribution in [0.2, 0.25) is 0 Å². The van der Waals surface area contributed by atoms with Crippen molar-refractivity contribution in [1.82, 2.24) is 10.6 Å². The van der Waals surface area contributed by atoms with Crippen LogP contribution in [0.5, 0.6) is 0 Å². The minimum Gasteiger partial charge on any atom is -0.478 e. The number of carbonyl (C=O) groups excluding carboxylic acids is 1. The zero-order valence-corrected chi connectivity index (χ0v) is 11.1. The molecule has 3 N–H and O–H groups in total. The Kier molecular flexibility index (Phi) is 3.38. The van der Waals surface area contributed by atoms with Gasteiger partial charge in [0.15, 0.2) is 0 Å². The highest BCUT2D eigenvalue weighted by Crippen LogP contribution is 2.27. The van der Waals surface area contributed by atoms with Gasteiger partial charge in [0.1, 0.15) is 0 Å². The number of hydrogen-bond acceptors (Lipinski definition) is 2. The molecule has 0 unspecified atom stereocenters. The van der Waals surface area contributed by atoms with Gasteiger partial charge in [-0.3, -0.25) is 0 Å². The van der Waals surface area contributed by atoms with Crippen molar-refractivity contribution in [3.8, 4) is 0 Å². The molecule has 0 aromatic heterocycles. The molecule has 94 valence electrons. The third-order valence-electron chi connectivity index (χ3n) is 2.70. The van der Waals surface area contributed by atoms with E-state index in [4.69, 9.17) is 0 Å². The maximum atomic E-state index is 11.4. The molecule has 0 saturated heterocycles. The SMILES string of the molecule is CC1=C(C(=O)O)[C@@H](c2ccc(Br)cc2)NC(=O)N1. The van der Waals surface area contributed by atoms with Gasteiger partial charge in [0.05, 0.1) is 11.6 Å². The molecule has 1 heterocycles. The maximum absolute atomic E-state index is 11.4. The Balaban J connectivity index is 2.46. The van der Waals surface area contributed by atoms with Crippen LogP contribution in [0.1, 0.15) is 18.5 Å². The predicted octanol–water partition coefficient (Wildman–Crippen LogP) is 2.16. The number of nitrogens with one attached hydrogen (secondary N) is 2. The first-order valence-corrected chi connectivity index (χ1v) is 6.05. The molecule has 0 saturated carbocycles. The summed E-state index contributed by atoms with van der Waals surface area (Å²) in [7, 11) is 0. The highest BCUT2D eigenvalue weighted by molar-refractivity contribution is 9.10. The number of allylic oxidation sites excluding steroid dienone is 1. The Labute approximate surface area is 112 Å². The quantitative estimate of drug-likeness (QED) is 0.783. The average molecular weight is 311 g/mol. The summed E-state index contributed by atoms with van der Waals surface area (Å²) in [4.78, 5) is 22.7. The third kappa shape index (κ3) is 2.38. The molecule has 0 spiro atoms. The molecular formula is C12H11BrN2O3. The van der Waals surface area contributed by atoms with Crippen LogP contribution in [0.25, 0.3) is 0 Å². The van der Waals surface area contributed by atoms with Gasteiger partial charge < -0.3 is 15.7 Å². The number of amides is 2. The van der Waals surface area contributed by atoms with Gasteiger partial charge >= 0.3 is 12.0 Å². The molecule has 1 aromatic carbocycles. The largest absolute Gasteiger partial charge is 0.478 e. The second kappa shape index (κ2) is 4.81. The van der Waals surface area contributed by atoms with Crippen molar-refractivity contribution in [3.63, 3.8) is 0 Å². The Hall–Kier alpha value is -1.82. The summed E-state index contributed by atoms with van der Waals surface area (Å²) in [6.45, 7) is 1.58. The van der Waals surface area contributed by atoms with E-state index in [2.05, 4.69) is 26.6 Å². The second-order valence-corrected chi connectivity index (χ2v) is 4.84. The van der Waals surface area contributed by atoms with Crippen molar-refractivity contribution < 1.29 is 14.7 Å². The molecule has 1 aliphatic rings. The number of aliphatic carboxylic acids is 1. The van der Waals surface area contributed by atoms with Crippen LogP contribution in [0.15, 0.2) is 40.0 Å². The number of rotatable bonds is 2. The van der Waals surface area contributed by atoms with Crippen LogP contribution in [0, 0.1) is 0 Å². The van der Waals surface area contributed by atoms with E-state index >= 15 is 0 Å². The van der Waals surface area contributed by atoms with Crippen molar-refractivity contribution in [3.05, 3.63) is 45.6 Å². The minimum absolute atomic E-state index is 0.150. The van der Waals surface area contributed by atoms with Crippen molar-refractivity contribution in [2.75, 3.05) is 0 Å². The molecule has 1 aromatic rings. The van der Waals surface area contributed by atoms with E-state index in [1.807, 2.05) is 0 Å². The van der Waals surface area contributed by atoms with Crippen molar-refractivity contribution in [2.24, 2.45) is 0 Å². The van der Waals surface area contributed by atoms with Crippen LogP contribution in [0.4, 0.5) is 4.79 Å². The Morgan fingerprint density at radius 1 is 1.33 bits per heavy atom. The zero-order chi connectivity index (χ0) is 13.3. The summed E-state index contributed by atoms with van der Waals surface area (Å²) in [5.41, 5.74) is 1.24. The van der Waals surface area contributed by atoms with Crippen molar-refractivity contribution >= 4 is 27.9 Å². The fraction of sp³-hybridized carbons (Fsp3) is 0.167. The van der Waals surface area contributed by atoms with Gasteiger partial charge in [0.25, 0.3) is 0 Å². The van der Waals surface area contributed by atoms with Gasteiger partial charge in [-0.2, -0.15) is 0 Å². The smallest absolute Gasteiger partial charge is 0.335 e. The van der Waals surface area contributed by atoms with E-state index in [9.17, 15) is 14.7 Å². The lowest BCUT2D eigenvalue weighted by Gasteiger charge is -2.27. The monoisotopic (exact) mass is 310 g/mol. The highest BCUT2D eigenvalue weighted by atomic mass is 79.9. The molecule has 0 bridgehead atoms. The Morgan fingerprint density at radius 3 is 2.50 bits per heavy atom. The van der Waals surface area contributed by atoms with Gasteiger partial charge in [-0.15, -0.1) is 0 Å². The molecule has 2 rings (SSSR count). The molecule has 1 atom stereocenters. The Morgan fingerprint density at radius 2 is 1.94 bits per heavy atom. The summed E-state index contributed by atoms with van der Waals surface area (Å²) in [6.07, 6.45) is 0. The number of hydrogen-bond donors (Lipinski definition) is 3. The lowest BCUT2D eigenvalue weighted by molar-refractivity contribution is -0.133. The molecule has 2 amide bonds. The molecular weight excluding hydrogens is 300 g/mol. The third-order valence-corrected chi connectivity index (χ3v) is 3.23. The lowest BCUT2D eigenvalue weighted by atomic mass is 9.96. The summed E-state index contributed by atoms with van der Waals surface area (Å²) in [5, 5.41) is 14.3. The number of halogens is 1. The van der Waals surface area contributed by atoms with E-state index in [1.54, 1.807) is 31.2 Å². The summed E-state index contributed by atoms with van der Waals surface area (Å²) >= 11 is 3.31. The summed E-state index contributed by atoms with van der Waals surface area (Å²) < 4.78 is 0.893. The number of carbonyl (C=O) groups is 2. The standard InChI is InChI=1S/C12H11BrN2O3/c1-6-9(11(16)17)10(15-12(18)14-6)7-2-4-8(13)5-3-7/h2-5,10H,1H3,(H,16,17)(H2,14,15,18)/t10-/m1/s1. The fourth-order valence-electron chi connectivity index (χ4n) is 1.88. The normalized spacial score (nSPS) is 19.2. The van der Waals surface area contributed by atoms with E-state index in [-0.39, 0.29) is 5.57 Å². The number of benzene rings is 1. The molecule has 6 heteroatoms. The van der Waals surface area contributed by atoms with E-state index in [0.717, 1.165) is 10.0 Å².